The second-order valence-corrected chi connectivity index (χ2v) is 3.41. The van der Waals surface area contributed by atoms with Gasteiger partial charge in [-0.2, -0.15) is 0 Å². The molecule has 14 heavy (non-hydrogen) atoms. The Balaban J connectivity index is 0. The zero-order valence-corrected chi connectivity index (χ0v) is 11.9. The number of hydrogen-bond donors (Lipinski definition) is 1. The standard InChI is InChI=1S/C5H9NO6S.K/c1-3(4(7)12-2)6-5(8)13(9,10)11;/h3H,1-2H3,(H,6,8)(H,9,10,11);/q;+1/p-1/t3-;/m0./s1. The number of nitrogens with one attached hydrogen (secondary N) is 1. The fourth-order valence-electron chi connectivity index (χ4n) is 0.485. The van der Waals surface area contributed by atoms with E-state index in [1.54, 1.807) is 5.32 Å². The molecule has 0 saturated carbocycles. The first-order valence-corrected chi connectivity index (χ1v) is 4.54. The minimum absolute atomic E-state index is 0. The molecule has 0 unspecified atom stereocenters. The van der Waals surface area contributed by atoms with Crippen LogP contribution in [0.2, 0.25) is 0 Å². The maximum absolute atomic E-state index is 10.6. The van der Waals surface area contributed by atoms with Crippen LogP contribution >= 0.6 is 0 Å². The number of carbonyl (C=O) groups is 2. The summed E-state index contributed by atoms with van der Waals surface area (Å²) < 4.78 is 34.3. The van der Waals surface area contributed by atoms with E-state index in [-0.39, 0.29) is 51.4 Å². The molecule has 76 valence electrons. The van der Waals surface area contributed by atoms with Gasteiger partial charge in [0, 0.05) is 0 Å². The van der Waals surface area contributed by atoms with Gasteiger partial charge >= 0.3 is 62.6 Å². The molecule has 1 amide bonds. The van der Waals surface area contributed by atoms with Gasteiger partial charge in [-0.25, -0.2) is 13.2 Å². The van der Waals surface area contributed by atoms with Crippen molar-refractivity contribution in [3.63, 3.8) is 0 Å². The Labute approximate surface area is 124 Å². The van der Waals surface area contributed by atoms with Crippen LogP contribution in [-0.2, 0) is 19.6 Å². The summed E-state index contributed by atoms with van der Waals surface area (Å²) in [4.78, 5) is 21.1. The van der Waals surface area contributed by atoms with Gasteiger partial charge < -0.3 is 14.6 Å². The van der Waals surface area contributed by atoms with E-state index < -0.39 is 27.4 Å². The van der Waals surface area contributed by atoms with Gasteiger partial charge in [0.2, 0.25) is 0 Å². The van der Waals surface area contributed by atoms with Gasteiger partial charge in [-0.1, -0.05) is 0 Å². The van der Waals surface area contributed by atoms with Gasteiger partial charge in [0.15, 0.2) is 10.1 Å². The summed E-state index contributed by atoms with van der Waals surface area (Å²) >= 11 is 0. The van der Waals surface area contributed by atoms with Crippen molar-refractivity contribution in [1.82, 2.24) is 5.32 Å². The van der Waals surface area contributed by atoms with Crippen LogP contribution in [0.1, 0.15) is 6.92 Å². The normalized spacial score (nSPS) is 12.2. The molecule has 1 atom stereocenters. The predicted octanol–water partition coefficient (Wildman–Crippen LogP) is -4.19. The first kappa shape index (κ1) is 16.9. The average molecular weight is 249 g/mol. The maximum Gasteiger partial charge on any atom is 1.00 e. The van der Waals surface area contributed by atoms with Gasteiger partial charge in [0.25, 0.3) is 0 Å². The van der Waals surface area contributed by atoms with Crippen LogP contribution in [0, 0.1) is 0 Å². The van der Waals surface area contributed by atoms with Crippen molar-refractivity contribution in [1.29, 1.82) is 0 Å². The molecule has 0 spiro atoms. The summed E-state index contributed by atoms with van der Waals surface area (Å²) in [7, 11) is -3.98. The van der Waals surface area contributed by atoms with Crippen LogP contribution in [0.15, 0.2) is 0 Å². The molecule has 0 aromatic heterocycles. The number of carbonyl (C=O) groups excluding carboxylic acids is 2. The summed E-state index contributed by atoms with van der Waals surface area (Å²) in [5, 5.41) is -0.0884. The van der Waals surface area contributed by atoms with Crippen molar-refractivity contribution in [2.24, 2.45) is 0 Å². The number of methoxy groups -OCH3 is 1. The molecule has 0 aromatic carbocycles. The van der Waals surface area contributed by atoms with Crippen LogP contribution in [-0.4, -0.2) is 37.3 Å². The molecule has 7 nitrogen and oxygen atoms in total. The van der Waals surface area contributed by atoms with Crippen LogP contribution in [0.5, 0.6) is 0 Å². The molecule has 0 bridgehead atoms. The monoisotopic (exact) mass is 249 g/mol. The third kappa shape index (κ3) is 6.06. The molecule has 0 aliphatic rings. The SMILES string of the molecule is COC(=O)[C@H](C)NC(=O)S(=O)(=O)[O-].[K+]. The van der Waals surface area contributed by atoms with Gasteiger partial charge in [0.05, 0.1) is 7.11 Å². The molecule has 0 aliphatic heterocycles. The minimum atomic E-state index is -5.05. The average Bonchev–Trinajstić information content (AvgIpc) is 2.01. The van der Waals surface area contributed by atoms with Crippen molar-refractivity contribution in [2.75, 3.05) is 7.11 Å². The van der Waals surface area contributed by atoms with E-state index >= 15 is 0 Å². The van der Waals surface area contributed by atoms with Crippen LogP contribution in [0.3, 0.4) is 0 Å². The predicted molar refractivity (Wildman–Crippen MR) is 39.7 cm³/mol. The Morgan fingerprint density at radius 3 is 2.14 bits per heavy atom. The van der Waals surface area contributed by atoms with E-state index in [1.807, 2.05) is 0 Å². The molecule has 0 fully saturated rings. The molecule has 0 aliphatic carbocycles. The molecule has 0 heterocycles. The Hall–Kier alpha value is 0.486. The Morgan fingerprint density at radius 1 is 1.43 bits per heavy atom. The molecule has 9 heteroatoms. The summed E-state index contributed by atoms with van der Waals surface area (Å²) in [5.41, 5.74) is 0. The fourth-order valence-corrected chi connectivity index (χ4v) is 0.806. The van der Waals surface area contributed by atoms with Gasteiger partial charge in [-0.15, -0.1) is 0 Å². The Morgan fingerprint density at radius 2 is 1.86 bits per heavy atom. The molecular weight excluding hydrogens is 241 g/mol. The van der Waals surface area contributed by atoms with Gasteiger partial charge in [0.1, 0.15) is 6.04 Å². The first-order chi connectivity index (χ1) is 5.79. The summed E-state index contributed by atoms with van der Waals surface area (Å²) in [5.74, 6) is -0.836. The van der Waals surface area contributed by atoms with Crippen LogP contribution in [0.25, 0.3) is 0 Å². The number of amides is 1. The fraction of sp³-hybridized carbons (Fsp3) is 0.600. The van der Waals surface area contributed by atoms with Gasteiger partial charge in [-0.05, 0) is 6.92 Å². The zero-order valence-electron chi connectivity index (χ0n) is 7.94. The van der Waals surface area contributed by atoms with Crippen molar-refractivity contribution >= 4 is 21.3 Å². The second kappa shape index (κ2) is 6.88. The van der Waals surface area contributed by atoms with Crippen molar-refractivity contribution in [2.45, 2.75) is 13.0 Å². The molecular formula is C5H8KNO6S. The third-order valence-electron chi connectivity index (χ3n) is 1.12. The van der Waals surface area contributed by atoms with E-state index in [0.717, 1.165) is 7.11 Å². The molecule has 0 saturated heterocycles. The first-order valence-electron chi connectivity index (χ1n) is 3.13. The van der Waals surface area contributed by atoms with E-state index in [4.69, 9.17) is 0 Å². The molecule has 0 aromatic rings. The number of hydrogen-bond acceptors (Lipinski definition) is 6. The minimum Gasteiger partial charge on any atom is -0.740 e. The topological polar surface area (TPSA) is 113 Å². The summed E-state index contributed by atoms with van der Waals surface area (Å²) in [6, 6.07) is -1.17. The number of ether oxygens (including phenoxy) is 1. The zero-order chi connectivity index (χ0) is 10.6. The third-order valence-corrected chi connectivity index (χ3v) is 1.69. The van der Waals surface area contributed by atoms with E-state index in [1.165, 1.54) is 6.92 Å². The number of esters is 1. The smallest absolute Gasteiger partial charge is 0.740 e. The van der Waals surface area contributed by atoms with Crippen molar-refractivity contribution in [3.05, 3.63) is 0 Å². The summed E-state index contributed by atoms with van der Waals surface area (Å²) in [6.07, 6.45) is 0. The van der Waals surface area contributed by atoms with Gasteiger partial charge in [-0.3, -0.25) is 4.79 Å². The second-order valence-electron chi connectivity index (χ2n) is 2.13. The largest absolute Gasteiger partial charge is 1.00 e. The Kier molecular flexibility index (Phi) is 8.30. The maximum atomic E-state index is 10.6. The van der Waals surface area contributed by atoms with Crippen LogP contribution < -0.4 is 56.7 Å². The van der Waals surface area contributed by atoms with Crippen molar-refractivity contribution in [3.8, 4) is 0 Å². The molecule has 0 rings (SSSR count). The Bertz CT molecular complexity index is 312. The molecule has 0 radical (unpaired) electrons. The molecule has 1 N–H and O–H groups in total. The van der Waals surface area contributed by atoms with E-state index in [9.17, 15) is 22.6 Å². The van der Waals surface area contributed by atoms with E-state index in [2.05, 4.69) is 4.74 Å². The quantitative estimate of drug-likeness (QED) is 0.302. The van der Waals surface area contributed by atoms with Crippen LogP contribution in [0.4, 0.5) is 4.79 Å². The summed E-state index contributed by atoms with van der Waals surface area (Å²) in [6.45, 7) is 1.19. The number of rotatable bonds is 2. The van der Waals surface area contributed by atoms with Crippen molar-refractivity contribution < 1.29 is 78.7 Å². The van der Waals surface area contributed by atoms with E-state index in [0.29, 0.717) is 0 Å².